The topological polar surface area (TPSA) is 55.9 Å². The molecule has 0 atom stereocenters. The van der Waals surface area contributed by atoms with Gasteiger partial charge in [0.05, 0.1) is 26.3 Å². The molecule has 3 rings (SSSR count). The second-order valence-electron chi connectivity index (χ2n) is 5.56. The summed E-state index contributed by atoms with van der Waals surface area (Å²) in [5.41, 5.74) is 1.62. The molecule has 1 saturated heterocycles. The summed E-state index contributed by atoms with van der Waals surface area (Å²) in [6.07, 6.45) is 0. The molecule has 5 nitrogen and oxygen atoms in total. The van der Waals surface area contributed by atoms with Gasteiger partial charge < -0.3 is 19.4 Å². The van der Waals surface area contributed by atoms with Gasteiger partial charge in [0.1, 0.15) is 18.7 Å². The molecule has 118 valence electrons. The van der Waals surface area contributed by atoms with E-state index in [9.17, 15) is 4.79 Å². The van der Waals surface area contributed by atoms with E-state index in [-0.39, 0.29) is 5.91 Å². The van der Waals surface area contributed by atoms with Crippen LogP contribution < -0.4 is 10.2 Å². The van der Waals surface area contributed by atoms with Gasteiger partial charge in [0.15, 0.2) is 5.76 Å². The van der Waals surface area contributed by atoms with Crippen molar-refractivity contribution in [3.8, 4) is 0 Å². The number of quaternary nitrogens is 1. The van der Waals surface area contributed by atoms with E-state index in [2.05, 4.69) is 21.2 Å². The highest BCUT2D eigenvalue weighted by molar-refractivity contribution is 9.10. The standard InChI is InChI=1S/C16H19BrN2O3/c1-11-13-10-12(17)2-3-14(13)22-15(11)16(20)18-4-5-19-6-8-21-9-7-19/h2-3,10H,4-9H2,1H3,(H,18,20)/p+1. The summed E-state index contributed by atoms with van der Waals surface area (Å²) in [4.78, 5) is 13.8. The van der Waals surface area contributed by atoms with Crippen molar-refractivity contribution in [3.05, 3.63) is 34.0 Å². The van der Waals surface area contributed by atoms with Crippen LogP contribution in [0.3, 0.4) is 0 Å². The zero-order valence-electron chi connectivity index (χ0n) is 12.6. The molecule has 6 heteroatoms. The number of amides is 1. The molecule has 1 aromatic carbocycles. The molecule has 0 unspecified atom stereocenters. The second-order valence-corrected chi connectivity index (χ2v) is 6.48. The number of furan rings is 1. The van der Waals surface area contributed by atoms with Gasteiger partial charge >= 0.3 is 0 Å². The normalized spacial score (nSPS) is 16.1. The van der Waals surface area contributed by atoms with Gasteiger partial charge in [0.2, 0.25) is 0 Å². The summed E-state index contributed by atoms with van der Waals surface area (Å²) in [5, 5.41) is 3.93. The van der Waals surface area contributed by atoms with Gasteiger partial charge in [-0.05, 0) is 25.1 Å². The van der Waals surface area contributed by atoms with Crippen molar-refractivity contribution in [3.63, 3.8) is 0 Å². The molecule has 1 aliphatic rings. The van der Waals surface area contributed by atoms with Crippen LogP contribution in [0.15, 0.2) is 27.1 Å². The third kappa shape index (κ3) is 3.34. The zero-order valence-corrected chi connectivity index (χ0v) is 14.2. The number of halogens is 1. The predicted molar refractivity (Wildman–Crippen MR) is 87.4 cm³/mol. The molecule has 0 radical (unpaired) electrons. The summed E-state index contributed by atoms with van der Waals surface area (Å²) in [7, 11) is 0. The van der Waals surface area contributed by atoms with Crippen molar-refractivity contribution in [2.24, 2.45) is 0 Å². The van der Waals surface area contributed by atoms with Crippen molar-refractivity contribution in [2.75, 3.05) is 39.4 Å². The monoisotopic (exact) mass is 367 g/mol. The molecular weight excluding hydrogens is 348 g/mol. The fraction of sp³-hybridized carbons (Fsp3) is 0.438. The number of aryl methyl sites for hydroxylation is 1. The lowest BCUT2D eigenvalue weighted by atomic mass is 10.1. The minimum absolute atomic E-state index is 0.141. The highest BCUT2D eigenvalue weighted by atomic mass is 79.9. The van der Waals surface area contributed by atoms with E-state index < -0.39 is 0 Å². The van der Waals surface area contributed by atoms with Crippen LogP contribution in [0.5, 0.6) is 0 Å². The summed E-state index contributed by atoms with van der Waals surface area (Å²) in [6, 6.07) is 5.76. The van der Waals surface area contributed by atoms with Crippen LogP contribution in [0.1, 0.15) is 16.1 Å². The molecule has 1 fully saturated rings. The van der Waals surface area contributed by atoms with Crippen LogP contribution in [0, 0.1) is 6.92 Å². The van der Waals surface area contributed by atoms with Gasteiger partial charge in [-0.15, -0.1) is 0 Å². The average molecular weight is 368 g/mol. The Morgan fingerprint density at radius 2 is 2.14 bits per heavy atom. The largest absolute Gasteiger partial charge is 0.451 e. The maximum atomic E-state index is 12.3. The third-order valence-electron chi connectivity index (χ3n) is 4.07. The van der Waals surface area contributed by atoms with Crippen molar-refractivity contribution >= 4 is 32.8 Å². The lowest BCUT2D eigenvalue weighted by Crippen LogP contribution is -3.14. The number of fused-ring (bicyclic) bond motifs is 1. The van der Waals surface area contributed by atoms with E-state index in [4.69, 9.17) is 9.15 Å². The Morgan fingerprint density at radius 1 is 1.36 bits per heavy atom. The molecule has 2 heterocycles. The molecule has 0 bridgehead atoms. The van der Waals surface area contributed by atoms with E-state index in [1.165, 1.54) is 4.90 Å². The maximum Gasteiger partial charge on any atom is 0.287 e. The zero-order chi connectivity index (χ0) is 15.5. The number of nitrogens with one attached hydrogen (secondary N) is 2. The van der Waals surface area contributed by atoms with Crippen LogP contribution in [-0.2, 0) is 4.74 Å². The minimum Gasteiger partial charge on any atom is -0.451 e. The molecule has 1 amide bonds. The molecule has 0 spiro atoms. The van der Waals surface area contributed by atoms with E-state index in [1.807, 2.05) is 25.1 Å². The molecule has 22 heavy (non-hydrogen) atoms. The molecular formula is C16H20BrN2O3+. The summed E-state index contributed by atoms with van der Waals surface area (Å²) >= 11 is 3.44. The number of hydrogen-bond donors (Lipinski definition) is 2. The fourth-order valence-corrected chi connectivity index (χ4v) is 3.11. The number of hydrogen-bond acceptors (Lipinski definition) is 3. The Hall–Kier alpha value is -1.37. The highest BCUT2D eigenvalue weighted by Gasteiger charge is 2.19. The van der Waals surface area contributed by atoms with E-state index in [1.54, 1.807) is 0 Å². The van der Waals surface area contributed by atoms with Crippen LogP contribution in [0.4, 0.5) is 0 Å². The number of carbonyl (C=O) groups is 1. The summed E-state index contributed by atoms with van der Waals surface area (Å²) in [5.74, 6) is 0.266. The van der Waals surface area contributed by atoms with Crippen molar-refractivity contribution < 1.29 is 18.8 Å². The Labute approximate surface area is 137 Å². The second kappa shape index (κ2) is 6.81. The van der Waals surface area contributed by atoms with Crippen LogP contribution in [0.2, 0.25) is 0 Å². The van der Waals surface area contributed by atoms with Crippen LogP contribution in [-0.4, -0.2) is 45.3 Å². The van der Waals surface area contributed by atoms with Crippen LogP contribution in [0.25, 0.3) is 11.0 Å². The maximum absolute atomic E-state index is 12.3. The lowest BCUT2D eigenvalue weighted by Gasteiger charge is -2.23. The summed E-state index contributed by atoms with van der Waals surface area (Å²) in [6.45, 7) is 7.11. The Balaban J connectivity index is 1.63. The lowest BCUT2D eigenvalue weighted by molar-refractivity contribution is -0.906. The first-order valence-electron chi connectivity index (χ1n) is 7.53. The van der Waals surface area contributed by atoms with E-state index in [0.717, 1.165) is 53.9 Å². The first kappa shape index (κ1) is 15.5. The van der Waals surface area contributed by atoms with Crippen molar-refractivity contribution in [1.82, 2.24) is 5.32 Å². The fourth-order valence-electron chi connectivity index (χ4n) is 2.75. The summed E-state index contributed by atoms with van der Waals surface area (Å²) < 4.78 is 12.0. The van der Waals surface area contributed by atoms with Gasteiger partial charge in [-0.3, -0.25) is 4.79 Å². The predicted octanol–water partition coefficient (Wildman–Crippen LogP) is 1.15. The number of carbonyl (C=O) groups excluding carboxylic acids is 1. The van der Waals surface area contributed by atoms with Gasteiger partial charge in [0.25, 0.3) is 5.91 Å². The number of rotatable bonds is 4. The van der Waals surface area contributed by atoms with Crippen molar-refractivity contribution in [2.45, 2.75) is 6.92 Å². The van der Waals surface area contributed by atoms with Gasteiger partial charge in [0, 0.05) is 15.4 Å². The molecule has 1 aromatic heterocycles. The van der Waals surface area contributed by atoms with E-state index in [0.29, 0.717) is 12.3 Å². The van der Waals surface area contributed by atoms with Gasteiger partial charge in [-0.2, -0.15) is 0 Å². The average Bonchev–Trinajstić information content (AvgIpc) is 2.85. The van der Waals surface area contributed by atoms with Gasteiger partial charge in [-0.25, -0.2) is 0 Å². The first-order chi connectivity index (χ1) is 10.6. The third-order valence-corrected chi connectivity index (χ3v) is 4.56. The Bertz CT molecular complexity index is 677. The highest BCUT2D eigenvalue weighted by Crippen LogP contribution is 2.27. The number of benzene rings is 1. The number of ether oxygens (including phenoxy) is 1. The smallest absolute Gasteiger partial charge is 0.287 e. The molecule has 2 aromatic rings. The molecule has 0 saturated carbocycles. The van der Waals surface area contributed by atoms with Gasteiger partial charge in [-0.1, -0.05) is 15.9 Å². The van der Waals surface area contributed by atoms with E-state index >= 15 is 0 Å². The van der Waals surface area contributed by atoms with Crippen LogP contribution >= 0.6 is 15.9 Å². The SMILES string of the molecule is Cc1c(C(=O)NCC[NH+]2CCOCC2)oc2ccc(Br)cc12. The number of morpholine rings is 1. The molecule has 1 aliphatic heterocycles. The molecule has 0 aliphatic carbocycles. The van der Waals surface area contributed by atoms with Crippen molar-refractivity contribution in [1.29, 1.82) is 0 Å². The Morgan fingerprint density at radius 3 is 2.91 bits per heavy atom. The molecule has 2 N–H and O–H groups in total. The first-order valence-corrected chi connectivity index (χ1v) is 8.32. The Kier molecular flexibility index (Phi) is 4.81. The minimum atomic E-state index is -0.141. The quantitative estimate of drug-likeness (QED) is 0.852.